The number of nitrogens with one attached hydrogen (secondary N) is 2. The number of hydrogen-bond donors (Lipinski definition) is 3. The van der Waals surface area contributed by atoms with Crippen molar-refractivity contribution in [1.29, 1.82) is 0 Å². The Bertz CT molecular complexity index is 630. The average Bonchev–Trinajstić information content (AvgIpc) is 2.41. The zero-order valence-corrected chi connectivity index (χ0v) is 11.4. The van der Waals surface area contributed by atoms with Gasteiger partial charge in [0.25, 0.3) is 5.91 Å². The Balaban J connectivity index is 2.04. The van der Waals surface area contributed by atoms with Crippen LogP contribution in [0.25, 0.3) is 0 Å². The van der Waals surface area contributed by atoms with Crippen molar-refractivity contribution in [2.75, 3.05) is 5.32 Å². The molecule has 0 aliphatic carbocycles. The molecule has 3 N–H and O–H groups in total. The molecule has 7 heteroatoms. The molecule has 0 aliphatic rings. The van der Waals surface area contributed by atoms with Gasteiger partial charge in [-0.05, 0) is 36.4 Å². The summed E-state index contributed by atoms with van der Waals surface area (Å²) in [6.45, 7) is 0. The zero-order valence-electron chi connectivity index (χ0n) is 10.6. The predicted molar refractivity (Wildman–Crippen MR) is 74.9 cm³/mol. The summed E-state index contributed by atoms with van der Waals surface area (Å²) in [5, 5.41) is 14.7. The van der Waals surface area contributed by atoms with Crippen molar-refractivity contribution in [2.45, 2.75) is 6.35 Å². The molecule has 0 saturated carbocycles. The predicted octanol–water partition coefficient (Wildman–Crippen LogP) is 2.74. The van der Waals surface area contributed by atoms with Crippen LogP contribution in [0.2, 0.25) is 5.02 Å². The fraction of sp³-hybridized carbons (Fsp3) is 0.0714. The molecule has 0 fully saturated rings. The van der Waals surface area contributed by atoms with Crippen molar-refractivity contribution < 1.29 is 18.7 Å². The van der Waals surface area contributed by atoms with Gasteiger partial charge in [0.05, 0.1) is 0 Å². The fourth-order valence-corrected chi connectivity index (χ4v) is 1.78. The van der Waals surface area contributed by atoms with E-state index in [-0.39, 0.29) is 0 Å². The van der Waals surface area contributed by atoms with Gasteiger partial charge in [0.1, 0.15) is 17.2 Å². The first-order valence-corrected chi connectivity index (χ1v) is 6.30. The molecule has 2 rings (SSSR count). The molecule has 4 nitrogen and oxygen atoms in total. The summed E-state index contributed by atoms with van der Waals surface area (Å²) in [6.07, 6.45) is -1.52. The molecule has 1 atom stereocenters. The Morgan fingerprint density at radius 1 is 1.10 bits per heavy atom. The average molecular weight is 313 g/mol. The maximum Gasteiger partial charge on any atom is 0.260 e. The smallest absolute Gasteiger partial charge is 0.260 e. The lowest BCUT2D eigenvalue weighted by Crippen LogP contribution is -2.40. The molecule has 110 valence electrons. The summed E-state index contributed by atoms with van der Waals surface area (Å²) < 4.78 is 26.8. The standard InChI is InChI=1S/C14H11ClF2N2O2/c15-8-4-6-9(7-5-8)18-14(21)19-13(20)12-10(16)2-1-3-11(12)17/h1-7,14,18,21H,(H,19,20). The van der Waals surface area contributed by atoms with Gasteiger partial charge in [0, 0.05) is 10.7 Å². The second-order valence-corrected chi connectivity index (χ2v) is 4.56. The van der Waals surface area contributed by atoms with E-state index in [9.17, 15) is 18.7 Å². The van der Waals surface area contributed by atoms with E-state index in [1.54, 1.807) is 24.3 Å². The van der Waals surface area contributed by atoms with Crippen molar-refractivity contribution in [1.82, 2.24) is 5.32 Å². The van der Waals surface area contributed by atoms with Gasteiger partial charge in [-0.15, -0.1) is 0 Å². The van der Waals surface area contributed by atoms with Crippen LogP contribution in [0.4, 0.5) is 14.5 Å². The van der Waals surface area contributed by atoms with Crippen LogP contribution < -0.4 is 10.6 Å². The number of halogens is 3. The molecule has 0 spiro atoms. The van der Waals surface area contributed by atoms with Crippen molar-refractivity contribution in [3.8, 4) is 0 Å². The van der Waals surface area contributed by atoms with Crippen molar-refractivity contribution in [3.05, 3.63) is 64.7 Å². The van der Waals surface area contributed by atoms with Crippen LogP contribution >= 0.6 is 11.6 Å². The molecule has 2 aromatic rings. The number of carbonyl (C=O) groups is 1. The summed E-state index contributed by atoms with van der Waals surface area (Å²) in [5.41, 5.74) is -0.282. The van der Waals surface area contributed by atoms with Gasteiger partial charge in [-0.25, -0.2) is 8.78 Å². The number of hydrogen-bond acceptors (Lipinski definition) is 3. The van der Waals surface area contributed by atoms with Crippen molar-refractivity contribution >= 4 is 23.2 Å². The normalized spacial score (nSPS) is 11.8. The number of amides is 1. The zero-order chi connectivity index (χ0) is 15.4. The summed E-state index contributed by atoms with van der Waals surface area (Å²) in [6, 6.07) is 9.35. The van der Waals surface area contributed by atoms with E-state index in [2.05, 4.69) is 5.32 Å². The van der Waals surface area contributed by atoms with Crippen LogP contribution in [0, 0.1) is 11.6 Å². The van der Waals surface area contributed by atoms with E-state index in [0.29, 0.717) is 10.7 Å². The van der Waals surface area contributed by atoms with E-state index in [1.165, 1.54) is 0 Å². The summed E-state index contributed by atoms with van der Waals surface area (Å²) in [5.74, 6) is -3.09. The van der Waals surface area contributed by atoms with E-state index in [1.807, 2.05) is 5.32 Å². The summed E-state index contributed by atoms with van der Waals surface area (Å²) in [4.78, 5) is 11.7. The number of carbonyl (C=O) groups excluding carboxylic acids is 1. The van der Waals surface area contributed by atoms with Gasteiger partial charge in [-0.2, -0.15) is 0 Å². The van der Waals surface area contributed by atoms with E-state index in [0.717, 1.165) is 18.2 Å². The summed E-state index contributed by atoms with van der Waals surface area (Å²) in [7, 11) is 0. The molecule has 0 aromatic heterocycles. The molecule has 1 unspecified atom stereocenters. The topological polar surface area (TPSA) is 61.4 Å². The second kappa shape index (κ2) is 6.51. The van der Waals surface area contributed by atoms with Crippen LogP contribution in [0.5, 0.6) is 0 Å². The van der Waals surface area contributed by atoms with E-state index < -0.39 is 29.5 Å². The Hall–Kier alpha value is -2.18. The minimum absolute atomic E-state index is 0.473. The quantitative estimate of drug-likeness (QED) is 0.761. The van der Waals surface area contributed by atoms with Crippen LogP contribution in [0.3, 0.4) is 0 Å². The van der Waals surface area contributed by atoms with E-state index >= 15 is 0 Å². The molecule has 0 radical (unpaired) electrons. The lowest BCUT2D eigenvalue weighted by atomic mass is 10.2. The SMILES string of the molecule is O=C(NC(O)Nc1ccc(Cl)cc1)c1c(F)cccc1F. The monoisotopic (exact) mass is 312 g/mol. The molecule has 0 saturated heterocycles. The minimum Gasteiger partial charge on any atom is -0.356 e. The van der Waals surface area contributed by atoms with Crippen molar-refractivity contribution in [3.63, 3.8) is 0 Å². The highest BCUT2D eigenvalue weighted by Crippen LogP contribution is 2.14. The highest BCUT2D eigenvalue weighted by atomic mass is 35.5. The van der Waals surface area contributed by atoms with Gasteiger partial charge in [0.2, 0.25) is 6.35 Å². The number of aliphatic hydroxyl groups excluding tert-OH is 1. The van der Waals surface area contributed by atoms with Crippen molar-refractivity contribution in [2.24, 2.45) is 0 Å². The Labute approximate surface area is 124 Å². The number of anilines is 1. The third kappa shape index (κ3) is 3.90. The molecular weight excluding hydrogens is 302 g/mol. The molecule has 0 bridgehead atoms. The van der Waals surface area contributed by atoms with Crippen LogP contribution in [0.1, 0.15) is 10.4 Å². The molecule has 1 amide bonds. The molecule has 0 heterocycles. The third-order valence-corrected chi connectivity index (χ3v) is 2.86. The molecular formula is C14H11ClF2N2O2. The Morgan fingerprint density at radius 3 is 2.24 bits per heavy atom. The highest BCUT2D eigenvalue weighted by Gasteiger charge is 2.19. The van der Waals surface area contributed by atoms with Crippen LogP contribution in [0.15, 0.2) is 42.5 Å². The van der Waals surface area contributed by atoms with Crippen LogP contribution in [-0.2, 0) is 0 Å². The number of benzene rings is 2. The molecule has 21 heavy (non-hydrogen) atoms. The van der Waals surface area contributed by atoms with Crippen LogP contribution in [-0.4, -0.2) is 17.4 Å². The first kappa shape index (κ1) is 15.2. The van der Waals surface area contributed by atoms with Gasteiger partial charge < -0.3 is 15.7 Å². The Morgan fingerprint density at radius 2 is 1.67 bits per heavy atom. The van der Waals surface area contributed by atoms with Gasteiger partial charge in [0.15, 0.2) is 0 Å². The largest absolute Gasteiger partial charge is 0.356 e. The maximum atomic E-state index is 13.4. The lowest BCUT2D eigenvalue weighted by molar-refractivity contribution is 0.0823. The maximum absolute atomic E-state index is 13.4. The highest BCUT2D eigenvalue weighted by molar-refractivity contribution is 6.30. The Kier molecular flexibility index (Phi) is 4.72. The number of rotatable bonds is 4. The van der Waals surface area contributed by atoms with E-state index in [4.69, 9.17) is 11.6 Å². The number of aliphatic hydroxyl groups is 1. The first-order chi connectivity index (χ1) is 9.97. The third-order valence-electron chi connectivity index (χ3n) is 2.61. The first-order valence-electron chi connectivity index (χ1n) is 5.92. The minimum atomic E-state index is -1.52. The summed E-state index contributed by atoms with van der Waals surface area (Å²) >= 11 is 5.70. The molecule has 0 aliphatic heterocycles. The lowest BCUT2D eigenvalue weighted by Gasteiger charge is -2.16. The van der Waals surface area contributed by atoms with Gasteiger partial charge in [-0.1, -0.05) is 17.7 Å². The fourth-order valence-electron chi connectivity index (χ4n) is 1.65. The van der Waals surface area contributed by atoms with Gasteiger partial charge in [-0.3, -0.25) is 4.79 Å². The second-order valence-electron chi connectivity index (χ2n) is 4.12. The van der Waals surface area contributed by atoms with Gasteiger partial charge >= 0.3 is 0 Å². The molecule has 2 aromatic carbocycles.